The van der Waals surface area contributed by atoms with E-state index in [0.29, 0.717) is 5.41 Å². The van der Waals surface area contributed by atoms with Crippen LogP contribution in [0.1, 0.15) is 40.7 Å². The summed E-state index contributed by atoms with van der Waals surface area (Å²) in [6, 6.07) is 4.24. The second-order valence-electron chi connectivity index (χ2n) is 3.35. The molecule has 0 atom stereocenters. The minimum atomic E-state index is 0. The Kier molecular flexibility index (Phi) is 2.38. The van der Waals surface area contributed by atoms with Gasteiger partial charge in [0.25, 0.3) is 0 Å². The van der Waals surface area contributed by atoms with Crippen molar-refractivity contribution in [3.05, 3.63) is 24.0 Å². The van der Waals surface area contributed by atoms with Crippen LogP contribution in [0.5, 0.6) is 0 Å². The van der Waals surface area contributed by atoms with Crippen molar-refractivity contribution in [1.82, 2.24) is 4.98 Å². The molecule has 0 saturated heterocycles. The van der Waals surface area contributed by atoms with E-state index >= 15 is 0 Å². The molecule has 1 aromatic heterocycles. The SMILES string of the molecule is CCC(C)(CC)c1ccc[nH]1.[HH]. The second kappa shape index (κ2) is 3.12. The molecule has 0 aliphatic heterocycles. The van der Waals surface area contributed by atoms with Crippen molar-refractivity contribution in [3.8, 4) is 0 Å². The lowest BCUT2D eigenvalue weighted by Gasteiger charge is -2.25. The average Bonchev–Trinajstić information content (AvgIpc) is 2.55. The van der Waals surface area contributed by atoms with Crippen LogP contribution in [-0.2, 0) is 5.41 Å². The fraction of sp³-hybridized carbons (Fsp3) is 0.600. The first-order valence-corrected chi connectivity index (χ1v) is 4.37. The molecule has 0 unspecified atom stereocenters. The predicted molar refractivity (Wildman–Crippen MR) is 50.8 cm³/mol. The third-order valence-electron chi connectivity index (χ3n) is 2.81. The Labute approximate surface area is 70.3 Å². The van der Waals surface area contributed by atoms with Crippen LogP contribution in [0, 0.1) is 0 Å². The zero-order valence-corrected chi connectivity index (χ0v) is 7.65. The summed E-state index contributed by atoms with van der Waals surface area (Å²) in [7, 11) is 0. The van der Waals surface area contributed by atoms with Crippen molar-refractivity contribution in [2.24, 2.45) is 0 Å². The largest absolute Gasteiger partial charge is 0.365 e. The fourth-order valence-electron chi connectivity index (χ4n) is 1.34. The van der Waals surface area contributed by atoms with Crippen molar-refractivity contribution in [2.75, 3.05) is 0 Å². The van der Waals surface area contributed by atoms with E-state index in [-0.39, 0.29) is 1.43 Å². The van der Waals surface area contributed by atoms with Crippen LogP contribution in [0.2, 0.25) is 0 Å². The van der Waals surface area contributed by atoms with Gasteiger partial charge in [0.1, 0.15) is 0 Å². The summed E-state index contributed by atoms with van der Waals surface area (Å²) in [6.07, 6.45) is 4.40. The number of aromatic nitrogens is 1. The highest BCUT2D eigenvalue weighted by molar-refractivity contribution is 5.15. The van der Waals surface area contributed by atoms with Crippen molar-refractivity contribution in [2.45, 2.75) is 39.0 Å². The van der Waals surface area contributed by atoms with Gasteiger partial charge in [0.05, 0.1) is 0 Å². The molecule has 0 aliphatic carbocycles. The Balaban J connectivity index is 0.00000121. The highest BCUT2D eigenvalue weighted by atomic mass is 14.7. The Hall–Kier alpha value is -0.720. The van der Waals surface area contributed by atoms with E-state index < -0.39 is 0 Å². The highest BCUT2D eigenvalue weighted by Gasteiger charge is 2.22. The molecule has 0 aliphatic rings. The molecule has 1 rings (SSSR count). The standard InChI is InChI=1S/C10H17N.H2/c1-4-10(3,5-2)9-7-6-8-11-9;/h6-8,11H,4-5H2,1-3H3;1H. The summed E-state index contributed by atoms with van der Waals surface area (Å²) >= 11 is 0. The molecular weight excluding hydrogens is 134 g/mol. The van der Waals surface area contributed by atoms with Crippen molar-refractivity contribution in [1.29, 1.82) is 0 Å². The molecule has 1 heterocycles. The molecule has 0 saturated carbocycles. The van der Waals surface area contributed by atoms with E-state index in [4.69, 9.17) is 0 Å². The summed E-state index contributed by atoms with van der Waals surface area (Å²) < 4.78 is 0. The molecule has 1 N–H and O–H groups in total. The molecule has 0 aromatic carbocycles. The number of nitrogens with one attached hydrogen (secondary N) is 1. The van der Waals surface area contributed by atoms with Crippen LogP contribution in [0.4, 0.5) is 0 Å². The summed E-state index contributed by atoms with van der Waals surface area (Å²) in [4.78, 5) is 3.28. The lowest BCUT2D eigenvalue weighted by Crippen LogP contribution is -2.19. The maximum Gasteiger partial charge on any atom is 0.0207 e. The van der Waals surface area contributed by atoms with Crippen LogP contribution >= 0.6 is 0 Å². The number of aromatic amines is 1. The van der Waals surface area contributed by atoms with Gasteiger partial charge in [-0.05, 0) is 25.0 Å². The van der Waals surface area contributed by atoms with E-state index in [1.165, 1.54) is 18.5 Å². The van der Waals surface area contributed by atoms with Gasteiger partial charge < -0.3 is 4.98 Å². The molecule has 1 aromatic rings. The van der Waals surface area contributed by atoms with Gasteiger partial charge >= 0.3 is 0 Å². The van der Waals surface area contributed by atoms with E-state index in [0.717, 1.165) is 0 Å². The summed E-state index contributed by atoms with van der Waals surface area (Å²) in [6.45, 7) is 6.79. The molecule has 0 amide bonds. The van der Waals surface area contributed by atoms with Gasteiger partial charge in [-0.2, -0.15) is 0 Å². The predicted octanol–water partition coefficient (Wildman–Crippen LogP) is 3.34. The second-order valence-corrected chi connectivity index (χ2v) is 3.35. The molecule has 11 heavy (non-hydrogen) atoms. The van der Waals surface area contributed by atoms with Crippen LogP contribution in [0.25, 0.3) is 0 Å². The molecule has 0 radical (unpaired) electrons. The molecule has 0 fully saturated rings. The van der Waals surface area contributed by atoms with E-state index in [9.17, 15) is 0 Å². The fourth-order valence-corrected chi connectivity index (χ4v) is 1.34. The smallest absolute Gasteiger partial charge is 0.0207 e. The van der Waals surface area contributed by atoms with E-state index in [2.05, 4.69) is 37.9 Å². The van der Waals surface area contributed by atoms with Gasteiger partial charge in [0.2, 0.25) is 0 Å². The van der Waals surface area contributed by atoms with Crippen molar-refractivity contribution >= 4 is 0 Å². The first kappa shape index (κ1) is 8.38. The first-order chi connectivity index (χ1) is 5.23. The van der Waals surface area contributed by atoms with E-state index in [1.807, 2.05) is 6.20 Å². The summed E-state index contributed by atoms with van der Waals surface area (Å²) in [5.74, 6) is 0. The minimum Gasteiger partial charge on any atom is -0.365 e. The van der Waals surface area contributed by atoms with Crippen LogP contribution < -0.4 is 0 Å². The first-order valence-electron chi connectivity index (χ1n) is 4.37. The minimum absolute atomic E-state index is 0. The molecule has 0 bridgehead atoms. The Morgan fingerprint density at radius 3 is 2.45 bits per heavy atom. The number of rotatable bonds is 3. The summed E-state index contributed by atoms with van der Waals surface area (Å²) in [5.41, 5.74) is 1.71. The van der Waals surface area contributed by atoms with Crippen LogP contribution in [0.15, 0.2) is 18.3 Å². The van der Waals surface area contributed by atoms with Gasteiger partial charge in [-0.3, -0.25) is 0 Å². The molecular formula is C10H19N. The quantitative estimate of drug-likeness (QED) is 0.685. The molecule has 0 spiro atoms. The normalized spacial score (nSPS) is 11.9. The topological polar surface area (TPSA) is 15.8 Å². The maximum absolute atomic E-state index is 3.28. The lowest BCUT2D eigenvalue weighted by atomic mass is 9.82. The Bertz CT molecular complexity index is 200. The van der Waals surface area contributed by atoms with Gasteiger partial charge in [-0.15, -0.1) is 0 Å². The molecule has 1 heteroatoms. The monoisotopic (exact) mass is 153 g/mol. The molecule has 1 nitrogen and oxygen atoms in total. The third-order valence-corrected chi connectivity index (χ3v) is 2.81. The number of hydrogen-bond donors (Lipinski definition) is 1. The molecule has 64 valence electrons. The Morgan fingerprint density at radius 2 is 2.09 bits per heavy atom. The van der Waals surface area contributed by atoms with Gasteiger partial charge in [-0.1, -0.05) is 20.8 Å². The van der Waals surface area contributed by atoms with Gasteiger partial charge in [-0.25, -0.2) is 0 Å². The summed E-state index contributed by atoms with van der Waals surface area (Å²) in [5, 5.41) is 0. The van der Waals surface area contributed by atoms with Crippen molar-refractivity contribution in [3.63, 3.8) is 0 Å². The van der Waals surface area contributed by atoms with Crippen LogP contribution in [0.3, 0.4) is 0 Å². The number of hydrogen-bond acceptors (Lipinski definition) is 0. The Morgan fingerprint density at radius 1 is 1.45 bits per heavy atom. The highest BCUT2D eigenvalue weighted by Crippen LogP contribution is 2.28. The third kappa shape index (κ3) is 1.47. The maximum atomic E-state index is 3.28. The number of H-pyrrole nitrogens is 1. The van der Waals surface area contributed by atoms with Crippen LogP contribution in [-0.4, -0.2) is 4.98 Å². The van der Waals surface area contributed by atoms with Crippen molar-refractivity contribution < 1.29 is 1.43 Å². The zero-order valence-electron chi connectivity index (χ0n) is 7.65. The van der Waals surface area contributed by atoms with E-state index in [1.54, 1.807) is 0 Å². The van der Waals surface area contributed by atoms with Gasteiger partial charge in [0.15, 0.2) is 0 Å². The lowest BCUT2D eigenvalue weighted by molar-refractivity contribution is 0.428. The van der Waals surface area contributed by atoms with Gasteiger partial charge in [0, 0.05) is 18.7 Å². The zero-order chi connectivity index (χ0) is 8.32. The average molecular weight is 153 g/mol.